The molecule has 180 valence electrons. The Morgan fingerprint density at radius 3 is 2.18 bits per heavy atom. The molecule has 2 amide bonds. The van der Waals surface area contributed by atoms with Gasteiger partial charge in [-0.3, -0.25) is 24.7 Å². The molecular formula is C24H27N3O7. The Kier molecular flexibility index (Phi) is 6.58. The van der Waals surface area contributed by atoms with E-state index in [0.717, 1.165) is 12.8 Å². The van der Waals surface area contributed by atoms with Gasteiger partial charge in [-0.25, -0.2) is 5.01 Å². The zero-order valence-corrected chi connectivity index (χ0v) is 19.4. The van der Waals surface area contributed by atoms with Crippen LogP contribution < -0.4 is 14.2 Å². The van der Waals surface area contributed by atoms with Crippen LogP contribution in [0.1, 0.15) is 34.3 Å². The molecule has 0 unspecified atom stereocenters. The first kappa shape index (κ1) is 23.3. The van der Waals surface area contributed by atoms with Crippen molar-refractivity contribution in [2.24, 2.45) is 5.92 Å². The quantitative estimate of drug-likeness (QED) is 0.453. The summed E-state index contributed by atoms with van der Waals surface area (Å²) in [5, 5.41) is 14.6. The first-order valence-electron chi connectivity index (χ1n) is 11.1. The highest BCUT2D eigenvalue weighted by Crippen LogP contribution is 2.46. The average Bonchev–Trinajstić information content (AvgIpc) is 3.48. The molecule has 4 rings (SSSR count). The van der Waals surface area contributed by atoms with Crippen LogP contribution in [-0.4, -0.2) is 61.2 Å². The number of benzene rings is 2. The fourth-order valence-corrected chi connectivity index (χ4v) is 4.85. The van der Waals surface area contributed by atoms with E-state index in [4.69, 9.17) is 14.2 Å². The molecule has 0 radical (unpaired) electrons. The molecule has 1 aliphatic heterocycles. The summed E-state index contributed by atoms with van der Waals surface area (Å²) in [4.78, 5) is 37.9. The number of hydrazine groups is 1. The molecule has 34 heavy (non-hydrogen) atoms. The van der Waals surface area contributed by atoms with Crippen molar-refractivity contribution in [3.63, 3.8) is 0 Å². The zero-order valence-electron chi connectivity index (χ0n) is 19.4. The third-order valence-corrected chi connectivity index (χ3v) is 6.37. The molecule has 0 spiro atoms. The van der Waals surface area contributed by atoms with Gasteiger partial charge in [-0.05, 0) is 36.3 Å². The lowest BCUT2D eigenvalue weighted by Gasteiger charge is -2.29. The minimum absolute atomic E-state index is 0.0170. The maximum Gasteiger partial charge on any atom is 0.327 e. The first-order valence-corrected chi connectivity index (χ1v) is 11.1. The highest BCUT2D eigenvalue weighted by molar-refractivity contribution is 6.01. The molecule has 2 aliphatic rings. The second kappa shape index (κ2) is 9.58. The molecule has 2 aromatic rings. The molecule has 0 aromatic heterocycles. The van der Waals surface area contributed by atoms with Gasteiger partial charge >= 0.3 is 5.69 Å². The van der Waals surface area contributed by atoms with E-state index in [9.17, 15) is 19.7 Å². The van der Waals surface area contributed by atoms with Gasteiger partial charge in [-0.15, -0.1) is 0 Å². The van der Waals surface area contributed by atoms with E-state index in [1.54, 1.807) is 0 Å². The molecule has 0 N–H and O–H groups in total. The van der Waals surface area contributed by atoms with Crippen molar-refractivity contribution in [3.05, 3.63) is 57.1 Å². The second-order valence-electron chi connectivity index (χ2n) is 8.34. The number of nitro groups is 1. The fourth-order valence-electron chi connectivity index (χ4n) is 4.85. The highest BCUT2D eigenvalue weighted by Gasteiger charge is 2.39. The number of hydrogen-bond donors (Lipinski definition) is 0. The van der Waals surface area contributed by atoms with Gasteiger partial charge < -0.3 is 14.2 Å². The molecule has 1 fully saturated rings. The Morgan fingerprint density at radius 1 is 1.00 bits per heavy atom. The minimum atomic E-state index is -0.688. The van der Waals surface area contributed by atoms with E-state index in [-0.39, 0.29) is 41.2 Å². The van der Waals surface area contributed by atoms with E-state index in [1.807, 2.05) is 12.1 Å². The summed E-state index contributed by atoms with van der Waals surface area (Å²) in [6, 6.07) is 9.41. The van der Waals surface area contributed by atoms with Crippen molar-refractivity contribution >= 4 is 17.5 Å². The van der Waals surface area contributed by atoms with Gasteiger partial charge in [0.1, 0.15) is 5.56 Å². The van der Waals surface area contributed by atoms with Crippen LogP contribution in [0, 0.1) is 16.0 Å². The summed E-state index contributed by atoms with van der Waals surface area (Å²) >= 11 is 0. The van der Waals surface area contributed by atoms with Crippen molar-refractivity contribution in [2.45, 2.75) is 25.7 Å². The Balaban J connectivity index is 1.60. The van der Waals surface area contributed by atoms with Crippen molar-refractivity contribution in [3.8, 4) is 17.2 Å². The number of carbonyl (C=O) groups excluding carboxylic acids is 2. The van der Waals surface area contributed by atoms with Crippen molar-refractivity contribution in [1.29, 1.82) is 0 Å². The van der Waals surface area contributed by atoms with E-state index in [0.29, 0.717) is 19.4 Å². The number of nitro benzene ring substituents is 1. The van der Waals surface area contributed by atoms with Crippen molar-refractivity contribution in [1.82, 2.24) is 10.0 Å². The summed E-state index contributed by atoms with van der Waals surface area (Å²) in [5.41, 5.74) is 1.74. The third-order valence-electron chi connectivity index (χ3n) is 6.37. The zero-order chi connectivity index (χ0) is 24.4. The Labute approximate surface area is 197 Å². The third kappa shape index (κ3) is 4.11. The molecule has 2 aromatic carbocycles. The number of ether oxygens (including phenoxy) is 3. The normalized spacial score (nSPS) is 15.3. The van der Waals surface area contributed by atoms with Crippen LogP contribution in [0.5, 0.6) is 17.2 Å². The van der Waals surface area contributed by atoms with E-state index < -0.39 is 16.5 Å². The summed E-state index contributed by atoms with van der Waals surface area (Å²) in [6.07, 6.45) is 2.53. The molecule has 0 bridgehead atoms. The van der Waals surface area contributed by atoms with Crippen LogP contribution in [0.15, 0.2) is 30.3 Å². The summed E-state index contributed by atoms with van der Waals surface area (Å²) in [5.74, 6) is -0.739. The number of nitrogens with zero attached hydrogens (tertiary/aromatic N) is 3. The van der Waals surface area contributed by atoms with Crippen LogP contribution in [0.2, 0.25) is 0 Å². The van der Waals surface area contributed by atoms with Crippen molar-refractivity contribution in [2.75, 3.05) is 34.4 Å². The van der Waals surface area contributed by atoms with Gasteiger partial charge in [0.15, 0.2) is 5.75 Å². The summed E-state index contributed by atoms with van der Waals surface area (Å²) < 4.78 is 15.7. The standard InChI is InChI=1S/C24H27N3O7/c1-32-19-14-18(21(27(30)31)23(34-3)22(19)33-2)24(29)26-10-6-9-25(26)20(28)13-15-11-16-7-4-5-8-17(16)12-15/h4-5,7-8,14-15H,6,9-13H2,1-3H3. The Bertz CT molecular complexity index is 1110. The van der Waals surface area contributed by atoms with Crippen molar-refractivity contribution < 1.29 is 28.7 Å². The maximum absolute atomic E-state index is 13.5. The SMILES string of the molecule is COc1cc(C(=O)N2CCCN2C(=O)CC2Cc3ccccc3C2)c([N+](=O)[O-])c(OC)c1OC. The molecule has 1 aliphatic carbocycles. The lowest BCUT2D eigenvalue weighted by atomic mass is 10.0. The van der Waals surface area contributed by atoms with Crippen LogP contribution in [0.3, 0.4) is 0 Å². The predicted molar refractivity (Wildman–Crippen MR) is 122 cm³/mol. The number of amides is 2. The summed E-state index contributed by atoms with van der Waals surface area (Å²) in [7, 11) is 3.94. The molecular weight excluding hydrogens is 442 g/mol. The summed E-state index contributed by atoms with van der Waals surface area (Å²) in [6.45, 7) is 0.658. The number of fused-ring (bicyclic) bond motifs is 1. The maximum atomic E-state index is 13.5. The van der Waals surface area contributed by atoms with Crippen LogP contribution in [0.4, 0.5) is 5.69 Å². The van der Waals surface area contributed by atoms with Gasteiger partial charge in [-0.1, -0.05) is 24.3 Å². The first-order chi connectivity index (χ1) is 16.4. The molecule has 1 heterocycles. The van der Waals surface area contributed by atoms with Gasteiger partial charge in [0, 0.05) is 25.6 Å². The molecule has 0 atom stereocenters. The number of carbonyl (C=O) groups is 2. The molecule has 10 heteroatoms. The van der Waals surface area contributed by atoms with E-state index in [2.05, 4.69) is 12.1 Å². The lowest BCUT2D eigenvalue weighted by molar-refractivity contribution is -0.386. The second-order valence-corrected chi connectivity index (χ2v) is 8.34. The number of hydrogen-bond acceptors (Lipinski definition) is 7. The Hall–Kier alpha value is -3.82. The molecule has 1 saturated heterocycles. The van der Waals surface area contributed by atoms with E-state index >= 15 is 0 Å². The average molecular weight is 469 g/mol. The number of methoxy groups -OCH3 is 3. The topological polar surface area (TPSA) is 111 Å². The highest BCUT2D eigenvalue weighted by atomic mass is 16.6. The minimum Gasteiger partial charge on any atom is -0.493 e. The molecule has 0 saturated carbocycles. The number of rotatable bonds is 7. The van der Waals surface area contributed by atoms with E-state index in [1.165, 1.54) is 48.5 Å². The van der Waals surface area contributed by atoms with Crippen LogP contribution in [0.25, 0.3) is 0 Å². The Morgan fingerprint density at radius 2 is 1.62 bits per heavy atom. The smallest absolute Gasteiger partial charge is 0.327 e. The van der Waals surface area contributed by atoms with Gasteiger partial charge in [-0.2, -0.15) is 0 Å². The lowest BCUT2D eigenvalue weighted by Crippen LogP contribution is -2.45. The molecule has 10 nitrogen and oxygen atoms in total. The predicted octanol–water partition coefficient (Wildman–Crippen LogP) is 3.02. The monoisotopic (exact) mass is 469 g/mol. The van der Waals surface area contributed by atoms with Crippen LogP contribution >= 0.6 is 0 Å². The van der Waals surface area contributed by atoms with Gasteiger partial charge in [0.05, 0.1) is 26.3 Å². The van der Waals surface area contributed by atoms with Gasteiger partial charge in [0.2, 0.25) is 17.4 Å². The largest absolute Gasteiger partial charge is 0.493 e. The fraction of sp³-hybridized carbons (Fsp3) is 0.417. The van der Waals surface area contributed by atoms with Crippen LogP contribution in [-0.2, 0) is 17.6 Å². The van der Waals surface area contributed by atoms with Gasteiger partial charge in [0.25, 0.3) is 5.91 Å².